The predicted octanol–water partition coefficient (Wildman–Crippen LogP) is 10.6. The Morgan fingerprint density at radius 2 is 1.44 bits per heavy atom. The van der Waals surface area contributed by atoms with E-state index in [1.807, 2.05) is 41.3 Å². The fourth-order valence-electron chi connectivity index (χ4n) is 12.7. The number of anilines is 3. The minimum Gasteiger partial charge on any atom is -0.370 e. The molecule has 1 fully saturated rings. The molecule has 12 rings (SSSR count). The molecule has 3 aliphatic heterocycles. The molecule has 0 saturated carbocycles. The number of fused-ring (bicyclic) bond motifs is 13. The molecule has 2 aromatic heterocycles. The second-order valence-corrected chi connectivity index (χ2v) is 37.4. The number of benzene rings is 7. The molecule has 0 radical (unpaired) electrons. The van der Waals surface area contributed by atoms with Crippen LogP contribution in [0, 0.1) is 11.8 Å². The smallest absolute Gasteiger partial charge is 0.366 e. The first kappa shape index (κ1) is 72.5. The molecule has 2 amide bonds. The number of hydrogen-bond donors (Lipinski definition) is 8. The van der Waals surface area contributed by atoms with Crippen LogP contribution in [0.25, 0.3) is 54.3 Å². The summed E-state index contributed by atoms with van der Waals surface area (Å²) in [7, 11) is -17.7. The summed E-state index contributed by atoms with van der Waals surface area (Å²) in [6.45, 7) is -5.61. The first-order valence-corrected chi connectivity index (χ1v) is 40.4. The van der Waals surface area contributed by atoms with E-state index in [0.717, 1.165) is 71.6 Å². The Bertz CT molecular complexity index is 5360. The van der Waals surface area contributed by atoms with Crippen LogP contribution in [0.5, 0.6) is 0 Å². The van der Waals surface area contributed by atoms with Crippen molar-refractivity contribution >= 4 is 137 Å². The van der Waals surface area contributed by atoms with Gasteiger partial charge in [-0.15, -0.1) is 4.33 Å². The minimum absolute atomic E-state index is 0.0531. The van der Waals surface area contributed by atoms with Crippen molar-refractivity contribution in [3.05, 3.63) is 164 Å². The van der Waals surface area contributed by atoms with Crippen molar-refractivity contribution < 1.29 is 112 Å². The number of aromatic amines is 1. The van der Waals surface area contributed by atoms with Gasteiger partial charge in [-0.25, -0.2) is 9.67 Å². The van der Waals surface area contributed by atoms with Crippen LogP contribution in [-0.4, -0.2) is 121 Å². The van der Waals surface area contributed by atoms with Gasteiger partial charge < -0.3 is 25.2 Å². The number of nitrogens with one attached hydrogen (secondary N) is 3. The minimum atomic E-state index is -6.54. The normalized spacial score (nSPS) is 15.8. The molecule has 1 saturated heterocycles. The molecular weight excluding hydrogens is 1450 g/mol. The SMILES string of the molecule is O=C(NCCOCCC#CCc1cn([C@H]2CC[C@@H](COP(OO)(OOO)(P(=O)=O)P(=O)=O)O2)c(=O)[nH]c1=O)c1ccc(CNC(=O)c2ccc(N3CCc4c3c3cc5cc(SOOO)ccc5cc3c3cc5c([o+]c43)c3c(c4cc(S(=O)(=O)O)ccc45)N(CCCS(=O)(=O)O)CC3)cc2)cc1. The van der Waals surface area contributed by atoms with Crippen LogP contribution in [0.1, 0.15) is 74.9 Å². The van der Waals surface area contributed by atoms with Crippen molar-refractivity contribution in [3.63, 3.8) is 0 Å². The quantitative estimate of drug-likeness (QED) is 0.00216. The first-order chi connectivity index (χ1) is 48.4. The fourth-order valence-corrected chi connectivity index (χ4v) is 18.5. The molecule has 0 aliphatic carbocycles. The first-order valence-electron chi connectivity index (χ1n) is 30.8. The van der Waals surface area contributed by atoms with Gasteiger partial charge in [-0.3, -0.25) is 18.7 Å². The summed E-state index contributed by atoms with van der Waals surface area (Å²) >= 11 is 0.823. The van der Waals surface area contributed by atoms with Crippen LogP contribution >= 0.6 is 33.4 Å². The fraction of sp³-hybridized carbons (Fsp3) is 0.286. The summed E-state index contributed by atoms with van der Waals surface area (Å²) in [6, 6.07) is 30.0. The summed E-state index contributed by atoms with van der Waals surface area (Å²) in [4.78, 5) is 58.6. The van der Waals surface area contributed by atoms with Gasteiger partial charge in [0.05, 0.1) is 69.2 Å². The molecule has 530 valence electrons. The molecule has 0 bridgehead atoms. The second-order valence-electron chi connectivity index (χ2n) is 23.5. The van der Waals surface area contributed by atoms with E-state index >= 15 is 0 Å². The third kappa shape index (κ3) is 14.9. The number of ether oxygens (including phenoxy) is 2. The molecule has 0 spiro atoms. The van der Waals surface area contributed by atoms with Crippen LogP contribution in [0.15, 0.2) is 133 Å². The van der Waals surface area contributed by atoms with E-state index in [1.165, 1.54) is 18.3 Å². The maximum absolute atomic E-state index is 13.7. The topological polar surface area (TPSA) is 442 Å². The summed E-state index contributed by atoms with van der Waals surface area (Å²) in [5.74, 6) is 4.51. The zero-order valence-corrected chi connectivity index (χ0v) is 57.7. The number of aromatic nitrogens is 2. The maximum atomic E-state index is 13.7. The Morgan fingerprint density at radius 1 is 0.743 bits per heavy atom. The van der Waals surface area contributed by atoms with E-state index in [1.54, 1.807) is 42.5 Å². The third-order valence-corrected chi connectivity index (χ3v) is 29.4. The van der Waals surface area contributed by atoms with Crippen molar-refractivity contribution in [2.45, 2.75) is 73.6 Å². The van der Waals surface area contributed by atoms with E-state index in [2.05, 4.69) is 63.9 Å². The molecule has 101 heavy (non-hydrogen) atoms. The summed E-state index contributed by atoms with van der Waals surface area (Å²) in [6.07, 6.45) is 0.466. The third-order valence-electron chi connectivity index (χ3n) is 17.4. The average molecular weight is 1510 g/mol. The largest absolute Gasteiger partial charge is 0.370 e. The number of nitrogens with zero attached hydrogens (tertiary/aromatic N) is 3. The van der Waals surface area contributed by atoms with Crippen molar-refractivity contribution in [2.75, 3.05) is 61.6 Å². The van der Waals surface area contributed by atoms with Crippen LogP contribution in [0.3, 0.4) is 0 Å². The standard InChI is InChI=1S/C63H59N6O26P3S3/c70-60(64-22-27-87-26-3-1-2-5-41-35-69(63(73)66-62(41)72)55-19-15-44(89-55)36-88-98(93-76,94-91-74,96(77)78)97(79)80)38-8-6-37(7-9-38)34-65-61(71)39-10-13-43(14-11-39)68-25-21-49-57(68)51-31-42-29-45(99-95-92-75)16-12-40(42)30-50(51)54-33-53-47-18-17-46(101(84,85)86)32-52(47)56-48(58(53)90-59(49)54)20-24-67(56)23-4-28-100(81,82)83/h6-14,16-18,29-33,35,44,55H,3-5,15,19-28,34,36H2,(H7-,64,65,66,70,71,72,73,74,75,76,81,82,83,84,85,86)/p+1/t44-,55+/m0/s1. The van der Waals surface area contributed by atoms with Gasteiger partial charge in [-0.05, 0) is 102 Å². The van der Waals surface area contributed by atoms with Crippen molar-refractivity contribution in [1.82, 2.24) is 20.2 Å². The number of carbonyl (C=O) groups is 2. The Hall–Kier alpha value is -8.27. The van der Waals surface area contributed by atoms with Gasteiger partial charge in [0, 0.05) is 88.8 Å². The number of amides is 2. The van der Waals surface area contributed by atoms with Gasteiger partial charge in [0.1, 0.15) is 0 Å². The Morgan fingerprint density at radius 3 is 2.14 bits per heavy atom. The molecule has 9 aromatic rings. The van der Waals surface area contributed by atoms with Gasteiger partial charge in [-0.2, -0.15) is 16.8 Å². The van der Waals surface area contributed by atoms with Gasteiger partial charge in [0.25, 0.3) is 32.1 Å². The van der Waals surface area contributed by atoms with E-state index in [9.17, 15) is 68.6 Å². The number of hydrogen-bond acceptors (Lipinski definition) is 26. The van der Waals surface area contributed by atoms with E-state index < -0.39 is 77.6 Å². The zero-order valence-electron chi connectivity index (χ0n) is 52.6. The second kappa shape index (κ2) is 30.0. The van der Waals surface area contributed by atoms with Gasteiger partial charge in [-0.1, -0.05) is 29.3 Å². The predicted molar refractivity (Wildman–Crippen MR) is 365 cm³/mol. The number of carbonyl (C=O) groups excluding carboxylic acids is 2. The van der Waals surface area contributed by atoms with Gasteiger partial charge >= 0.3 is 184 Å². The van der Waals surface area contributed by atoms with Crippen molar-refractivity contribution in [3.8, 4) is 11.8 Å². The van der Waals surface area contributed by atoms with Gasteiger partial charge in [0.2, 0.25) is 0 Å². The number of rotatable bonds is 28. The summed E-state index contributed by atoms with van der Waals surface area (Å²) in [5.41, 5.74) is 5.12. The number of H-pyrrole nitrogens is 1. The molecule has 32 nitrogen and oxygen atoms in total. The van der Waals surface area contributed by atoms with Crippen LogP contribution in [-0.2, 0) is 102 Å². The zero-order chi connectivity index (χ0) is 71.6. The van der Waals surface area contributed by atoms with Gasteiger partial charge in [0.15, 0.2) is 0 Å². The molecule has 2 atom stereocenters. The molecule has 38 heteroatoms. The van der Waals surface area contributed by atoms with E-state index in [4.69, 9.17) is 33.3 Å². The Balaban J connectivity index is 0.671. The maximum Gasteiger partial charge on any atom is 0.366 e. The van der Waals surface area contributed by atoms with Crippen molar-refractivity contribution in [1.29, 1.82) is 0 Å². The molecule has 5 heterocycles. The molecular formula is C63H60N6O26P3S3+. The average Bonchev–Trinajstić information content (AvgIpc) is 1.68. The Labute approximate surface area is 576 Å². The summed E-state index contributed by atoms with van der Waals surface area (Å²) < 4.78 is 153. The molecule has 3 aliphatic rings. The molecule has 7 aromatic carbocycles. The monoisotopic (exact) mass is 1510 g/mol. The van der Waals surface area contributed by atoms with E-state index in [-0.39, 0.29) is 87.2 Å². The summed E-state index contributed by atoms with van der Waals surface area (Å²) in [5, 5.41) is 45.7. The van der Waals surface area contributed by atoms with Crippen LogP contribution < -0.4 is 31.7 Å². The Kier molecular flexibility index (Phi) is 21.5. The molecule has 0 unspecified atom stereocenters. The van der Waals surface area contributed by atoms with Crippen LogP contribution in [0.2, 0.25) is 0 Å². The molecule has 8 N–H and O–H groups in total. The van der Waals surface area contributed by atoms with Crippen LogP contribution in [0.4, 0.5) is 17.1 Å². The van der Waals surface area contributed by atoms with Crippen molar-refractivity contribution in [2.24, 2.45) is 0 Å². The van der Waals surface area contributed by atoms with E-state index in [0.29, 0.717) is 75.0 Å².